The fourth-order valence-corrected chi connectivity index (χ4v) is 3.06. The Hall–Kier alpha value is -1.76. The molecule has 3 heterocycles. The Morgan fingerprint density at radius 2 is 2.41 bits per heavy atom. The van der Waals surface area contributed by atoms with Gasteiger partial charge in [-0.3, -0.25) is 4.79 Å². The summed E-state index contributed by atoms with van der Waals surface area (Å²) in [6, 6.07) is 3.49. The van der Waals surface area contributed by atoms with Crippen molar-refractivity contribution in [2.24, 2.45) is 0 Å². The van der Waals surface area contributed by atoms with Crippen LogP contribution in [0.4, 0.5) is 10.2 Å². The number of aromatic nitrogens is 2. The lowest BCUT2D eigenvalue weighted by molar-refractivity contribution is -0.135. The molecule has 2 saturated heterocycles. The van der Waals surface area contributed by atoms with Gasteiger partial charge in [0.1, 0.15) is 12.3 Å². The van der Waals surface area contributed by atoms with Crippen LogP contribution in [0, 0.1) is 0 Å². The SMILES string of the molecule is O=C(NC[C@@H]1C[C@H](F)CN1c1cccnn1)[C@@H]1CCCCO1. The molecule has 0 saturated carbocycles. The fourth-order valence-electron chi connectivity index (χ4n) is 3.06. The van der Waals surface area contributed by atoms with Crippen LogP contribution in [0.15, 0.2) is 18.3 Å². The second-order valence-electron chi connectivity index (χ2n) is 5.82. The quantitative estimate of drug-likeness (QED) is 0.901. The number of carbonyl (C=O) groups excluding carboxylic acids is 1. The number of carbonyl (C=O) groups is 1. The molecule has 2 fully saturated rings. The third-order valence-electron chi connectivity index (χ3n) is 4.20. The van der Waals surface area contributed by atoms with Crippen LogP contribution in [0.5, 0.6) is 0 Å². The van der Waals surface area contributed by atoms with Crippen LogP contribution < -0.4 is 10.2 Å². The Labute approximate surface area is 129 Å². The number of alkyl halides is 1. The first kappa shape index (κ1) is 15.1. The highest BCUT2D eigenvalue weighted by Crippen LogP contribution is 2.25. The van der Waals surface area contributed by atoms with Gasteiger partial charge in [-0.25, -0.2) is 4.39 Å². The minimum atomic E-state index is -0.908. The maximum Gasteiger partial charge on any atom is 0.249 e. The summed E-state index contributed by atoms with van der Waals surface area (Å²) in [7, 11) is 0. The third-order valence-corrected chi connectivity index (χ3v) is 4.20. The number of rotatable bonds is 4. The molecule has 2 aliphatic heterocycles. The van der Waals surface area contributed by atoms with Gasteiger partial charge in [0, 0.05) is 25.8 Å². The molecule has 0 bridgehead atoms. The largest absolute Gasteiger partial charge is 0.368 e. The number of amides is 1. The van der Waals surface area contributed by atoms with Crippen molar-refractivity contribution in [3.63, 3.8) is 0 Å². The molecule has 0 unspecified atom stereocenters. The predicted octanol–water partition coefficient (Wildman–Crippen LogP) is 1.08. The number of nitrogens with one attached hydrogen (secondary N) is 1. The van der Waals surface area contributed by atoms with Crippen LogP contribution in [0.1, 0.15) is 25.7 Å². The van der Waals surface area contributed by atoms with Crippen molar-refractivity contribution in [2.75, 3.05) is 24.6 Å². The number of nitrogens with zero attached hydrogens (tertiary/aromatic N) is 3. The molecule has 1 aromatic heterocycles. The Morgan fingerprint density at radius 3 is 3.14 bits per heavy atom. The minimum absolute atomic E-state index is 0.0962. The van der Waals surface area contributed by atoms with Gasteiger partial charge in [0.15, 0.2) is 5.82 Å². The van der Waals surface area contributed by atoms with E-state index in [-0.39, 0.29) is 18.1 Å². The molecule has 22 heavy (non-hydrogen) atoms. The molecule has 1 amide bonds. The average molecular weight is 308 g/mol. The molecule has 0 aliphatic carbocycles. The van der Waals surface area contributed by atoms with Crippen molar-refractivity contribution in [1.82, 2.24) is 15.5 Å². The zero-order chi connectivity index (χ0) is 15.4. The van der Waals surface area contributed by atoms with Crippen LogP contribution in [0.2, 0.25) is 0 Å². The molecule has 3 rings (SSSR count). The van der Waals surface area contributed by atoms with Crippen LogP contribution in [-0.2, 0) is 9.53 Å². The van der Waals surface area contributed by atoms with Crippen LogP contribution in [-0.4, -0.2) is 54.1 Å². The van der Waals surface area contributed by atoms with E-state index in [1.165, 1.54) is 0 Å². The van der Waals surface area contributed by atoms with Gasteiger partial charge in [-0.05, 0) is 31.4 Å². The van der Waals surface area contributed by atoms with Crippen molar-refractivity contribution in [3.8, 4) is 0 Å². The molecule has 0 spiro atoms. The zero-order valence-electron chi connectivity index (χ0n) is 12.4. The zero-order valence-corrected chi connectivity index (χ0v) is 12.4. The van der Waals surface area contributed by atoms with Crippen molar-refractivity contribution < 1.29 is 13.9 Å². The van der Waals surface area contributed by atoms with E-state index in [2.05, 4.69) is 15.5 Å². The van der Waals surface area contributed by atoms with Gasteiger partial charge >= 0.3 is 0 Å². The van der Waals surface area contributed by atoms with Crippen LogP contribution in [0.3, 0.4) is 0 Å². The van der Waals surface area contributed by atoms with Crippen molar-refractivity contribution in [1.29, 1.82) is 0 Å². The highest BCUT2D eigenvalue weighted by atomic mass is 19.1. The van der Waals surface area contributed by atoms with Crippen molar-refractivity contribution in [2.45, 2.75) is 44.0 Å². The molecule has 0 aromatic carbocycles. The molecule has 3 atom stereocenters. The van der Waals surface area contributed by atoms with Gasteiger partial charge in [-0.15, -0.1) is 5.10 Å². The minimum Gasteiger partial charge on any atom is -0.368 e. The lowest BCUT2D eigenvalue weighted by Gasteiger charge is -2.26. The van der Waals surface area contributed by atoms with Crippen LogP contribution >= 0.6 is 0 Å². The standard InChI is InChI=1S/C15H21FN4O2/c16-11-8-12(20(10-11)14-5-3-6-18-19-14)9-17-15(21)13-4-1-2-7-22-13/h3,5-6,11-13H,1-2,4,7-10H2,(H,17,21)/t11-,12-,13-/m0/s1. The molecular formula is C15H21FN4O2. The van der Waals surface area contributed by atoms with E-state index in [9.17, 15) is 9.18 Å². The van der Waals surface area contributed by atoms with Gasteiger partial charge in [0.2, 0.25) is 5.91 Å². The van der Waals surface area contributed by atoms with Gasteiger partial charge in [0.05, 0.1) is 12.6 Å². The van der Waals surface area contributed by atoms with Crippen molar-refractivity contribution >= 4 is 11.7 Å². The summed E-state index contributed by atoms with van der Waals surface area (Å²) in [5.41, 5.74) is 0. The van der Waals surface area contributed by atoms with Gasteiger partial charge < -0.3 is 15.0 Å². The average Bonchev–Trinajstić information content (AvgIpc) is 2.95. The highest BCUT2D eigenvalue weighted by molar-refractivity contribution is 5.80. The Kier molecular flexibility index (Phi) is 4.82. The summed E-state index contributed by atoms with van der Waals surface area (Å²) in [5, 5.41) is 10.8. The number of halogens is 1. The molecular weight excluding hydrogens is 287 g/mol. The second-order valence-corrected chi connectivity index (χ2v) is 5.82. The first-order valence-electron chi connectivity index (χ1n) is 7.82. The summed E-state index contributed by atoms with van der Waals surface area (Å²) in [4.78, 5) is 14.0. The van der Waals surface area contributed by atoms with Gasteiger partial charge in [0.25, 0.3) is 0 Å². The van der Waals surface area contributed by atoms with E-state index in [1.54, 1.807) is 12.3 Å². The number of ether oxygens (including phenoxy) is 1. The van der Waals surface area contributed by atoms with Crippen LogP contribution in [0.25, 0.3) is 0 Å². The summed E-state index contributed by atoms with van der Waals surface area (Å²) < 4.78 is 19.2. The normalized spacial score (nSPS) is 28.6. The lowest BCUT2D eigenvalue weighted by Crippen LogP contribution is -2.45. The highest BCUT2D eigenvalue weighted by Gasteiger charge is 2.34. The maximum atomic E-state index is 13.8. The first-order valence-corrected chi connectivity index (χ1v) is 7.82. The second kappa shape index (κ2) is 7.00. The lowest BCUT2D eigenvalue weighted by atomic mass is 10.1. The molecule has 120 valence electrons. The summed E-state index contributed by atoms with van der Waals surface area (Å²) in [5.74, 6) is 0.553. The van der Waals surface area contributed by atoms with Gasteiger partial charge in [-0.2, -0.15) is 5.10 Å². The molecule has 1 N–H and O–H groups in total. The predicted molar refractivity (Wildman–Crippen MR) is 79.3 cm³/mol. The summed E-state index contributed by atoms with van der Waals surface area (Å²) in [6.07, 6.45) is 3.49. The third kappa shape index (κ3) is 3.52. The molecule has 6 nitrogen and oxygen atoms in total. The van der Waals surface area contributed by atoms with E-state index >= 15 is 0 Å². The topological polar surface area (TPSA) is 67.4 Å². The molecule has 7 heteroatoms. The number of anilines is 1. The maximum absolute atomic E-state index is 13.8. The van der Waals surface area contributed by atoms with Crippen molar-refractivity contribution in [3.05, 3.63) is 18.3 Å². The molecule has 0 radical (unpaired) electrons. The van der Waals surface area contributed by atoms with E-state index in [0.717, 1.165) is 19.3 Å². The Balaban J connectivity index is 1.57. The Morgan fingerprint density at radius 1 is 1.50 bits per heavy atom. The first-order chi connectivity index (χ1) is 10.7. The van der Waals surface area contributed by atoms with Gasteiger partial charge in [-0.1, -0.05) is 0 Å². The number of hydrogen-bond donors (Lipinski definition) is 1. The number of hydrogen-bond acceptors (Lipinski definition) is 5. The molecule has 2 aliphatic rings. The van der Waals surface area contributed by atoms with E-state index in [1.807, 2.05) is 11.0 Å². The summed E-state index contributed by atoms with van der Waals surface area (Å²) in [6.45, 7) is 1.33. The smallest absolute Gasteiger partial charge is 0.249 e. The summed E-state index contributed by atoms with van der Waals surface area (Å²) >= 11 is 0. The van der Waals surface area contributed by atoms with E-state index in [0.29, 0.717) is 31.9 Å². The monoisotopic (exact) mass is 308 g/mol. The fraction of sp³-hybridized carbons (Fsp3) is 0.667. The van der Waals surface area contributed by atoms with E-state index in [4.69, 9.17) is 4.74 Å². The molecule has 1 aromatic rings. The Bertz CT molecular complexity index is 496. The van der Waals surface area contributed by atoms with E-state index < -0.39 is 6.17 Å².